The van der Waals surface area contributed by atoms with Crippen LogP contribution in [-0.4, -0.2) is 20.2 Å². The molecule has 0 spiro atoms. The van der Waals surface area contributed by atoms with E-state index in [9.17, 15) is 0 Å². The molecule has 0 unspecified atom stereocenters. The van der Waals surface area contributed by atoms with Gasteiger partial charge in [0.15, 0.2) is 0 Å². The molecule has 1 heterocycles. The monoisotopic (exact) mass is 230 g/mol. The number of hydrogen-bond donors (Lipinski definition) is 0. The van der Waals surface area contributed by atoms with Crippen molar-refractivity contribution in [2.75, 3.05) is 0 Å². The molecule has 17 heavy (non-hydrogen) atoms. The molecule has 2 rings (SSSR count). The summed E-state index contributed by atoms with van der Waals surface area (Å²) in [6, 6.07) is 4.37. The summed E-state index contributed by atoms with van der Waals surface area (Å²) < 4.78 is 1.75. The van der Waals surface area contributed by atoms with Gasteiger partial charge >= 0.3 is 0 Å². The largest absolute Gasteiger partial charge is 0.200 e. The summed E-state index contributed by atoms with van der Waals surface area (Å²) in [7, 11) is 0. The fourth-order valence-corrected chi connectivity index (χ4v) is 2.10. The van der Waals surface area contributed by atoms with Gasteiger partial charge in [0.1, 0.15) is 6.33 Å². The summed E-state index contributed by atoms with van der Waals surface area (Å²) in [5.41, 5.74) is 4.89. The van der Waals surface area contributed by atoms with Crippen LogP contribution in [0.5, 0.6) is 0 Å². The van der Waals surface area contributed by atoms with Crippen LogP contribution < -0.4 is 0 Å². The van der Waals surface area contributed by atoms with Gasteiger partial charge in [0.25, 0.3) is 0 Å². The highest BCUT2D eigenvalue weighted by atomic mass is 15.5. The molecule has 0 atom stereocenters. The predicted molar refractivity (Wildman–Crippen MR) is 67.3 cm³/mol. The molecular weight excluding hydrogens is 212 g/mol. The second kappa shape index (κ2) is 3.95. The van der Waals surface area contributed by atoms with Crippen molar-refractivity contribution in [3.05, 3.63) is 35.2 Å². The molecule has 0 saturated heterocycles. The molecule has 0 saturated carbocycles. The van der Waals surface area contributed by atoms with Crippen molar-refractivity contribution in [2.45, 2.75) is 40.0 Å². The summed E-state index contributed by atoms with van der Waals surface area (Å²) in [5, 5.41) is 11.4. The van der Waals surface area contributed by atoms with Crippen molar-refractivity contribution < 1.29 is 0 Å². The summed E-state index contributed by atoms with van der Waals surface area (Å²) in [6.45, 7) is 10.8. The molecule has 0 aliphatic carbocycles. The molecular formula is C13H18N4. The Morgan fingerprint density at radius 3 is 2.35 bits per heavy atom. The maximum Gasteiger partial charge on any atom is 0.143 e. The van der Waals surface area contributed by atoms with Crippen LogP contribution in [0.1, 0.15) is 37.5 Å². The Morgan fingerprint density at radius 1 is 1.12 bits per heavy atom. The minimum atomic E-state index is 0.0675. The molecule has 0 radical (unpaired) electrons. The van der Waals surface area contributed by atoms with E-state index in [1.54, 1.807) is 11.0 Å². The second-order valence-electron chi connectivity index (χ2n) is 5.48. The van der Waals surface area contributed by atoms with Crippen LogP contribution in [-0.2, 0) is 5.41 Å². The van der Waals surface area contributed by atoms with Crippen molar-refractivity contribution in [3.8, 4) is 5.69 Å². The molecule has 2 aromatic rings. The van der Waals surface area contributed by atoms with Gasteiger partial charge in [-0.1, -0.05) is 38.5 Å². The Kier molecular flexibility index (Phi) is 2.73. The Morgan fingerprint density at radius 2 is 1.82 bits per heavy atom. The van der Waals surface area contributed by atoms with Crippen LogP contribution in [0.3, 0.4) is 0 Å². The number of hydrogen-bond acceptors (Lipinski definition) is 3. The molecule has 0 amide bonds. The summed E-state index contributed by atoms with van der Waals surface area (Å²) >= 11 is 0. The molecule has 4 heteroatoms. The number of tetrazole rings is 1. The van der Waals surface area contributed by atoms with Crippen LogP contribution >= 0.6 is 0 Å². The number of rotatable bonds is 1. The lowest BCUT2D eigenvalue weighted by Crippen LogP contribution is -2.17. The summed E-state index contributed by atoms with van der Waals surface area (Å²) in [4.78, 5) is 0. The van der Waals surface area contributed by atoms with Crippen molar-refractivity contribution in [1.29, 1.82) is 0 Å². The van der Waals surface area contributed by atoms with Gasteiger partial charge < -0.3 is 0 Å². The van der Waals surface area contributed by atoms with E-state index in [1.807, 2.05) is 0 Å². The minimum absolute atomic E-state index is 0.0675. The highest BCUT2D eigenvalue weighted by Crippen LogP contribution is 2.31. The topological polar surface area (TPSA) is 43.6 Å². The molecule has 1 aromatic carbocycles. The Bertz CT molecular complexity index is 521. The normalized spacial score (nSPS) is 11.8. The summed E-state index contributed by atoms with van der Waals surface area (Å²) in [6.07, 6.45) is 1.65. The van der Waals surface area contributed by atoms with Crippen molar-refractivity contribution >= 4 is 0 Å². The van der Waals surface area contributed by atoms with E-state index in [2.05, 4.69) is 62.3 Å². The van der Waals surface area contributed by atoms with E-state index in [0.29, 0.717) is 0 Å². The average Bonchev–Trinajstić information content (AvgIpc) is 2.67. The van der Waals surface area contributed by atoms with Gasteiger partial charge in [-0.2, -0.15) is 4.68 Å². The van der Waals surface area contributed by atoms with Gasteiger partial charge in [-0.05, 0) is 40.8 Å². The third-order valence-electron chi connectivity index (χ3n) is 2.83. The van der Waals surface area contributed by atoms with Crippen LogP contribution in [0, 0.1) is 13.8 Å². The van der Waals surface area contributed by atoms with E-state index >= 15 is 0 Å². The summed E-state index contributed by atoms with van der Waals surface area (Å²) in [5.74, 6) is 0. The first-order chi connectivity index (χ1) is 7.89. The lowest BCUT2D eigenvalue weighted by atomic mass is 9.83. The standard InChI is InChI=1S/C13H18N4/c1-9-6-10(2)12(17-8-14-15-16-17)11(7-9)13(3,4)5/h6-8H,1-5H3. The Labute approximate surface area is 102 Å². The lowest BCUT2D eigenvalue weighted by molar-refractivity contribution is 0.580. The third-order valence-corrected chi connectivity index (χ3v) is 2.83. The van der Waals surface area contributed by atoms with Gasteiger partial charge in [-0.3, -0.25) is 0 Å². The first kappa shape index (κ1) is 11.8. The molecule has 0 bridgehead atoms. The van der Waals surface area contributed by atoms with Crippen molar-refractivity contribution in [2.24, 2.45) is 0 Å². The zero-order valence-corrected chi connectivity index (χ0v) is 11.0. The second-order valence-corrected chi connectivity index (χ2v) is 5.48. The lowest BCUT2D eigenvalue weighted by Gasteiger charge is -2.24. The Balaban J connectivity index is 2.73. The molecule has 0 N–H and O–H groups in total. The van der Waals surface area contributed by atoms with Gasteiger partial charge in [-0.25, -0.2) is 0 Å². The molecule has 0 aliphatic rings. The SMILES string of the molecule is Cc1cc(C)c(-n2cnnn2)c(C(C)(C)C)c1. The zero-order valence-electron chi connectivity index (χ0n) is 11.0. The number of nitrogens with zero attached hydrogens (tertiary/aromatic N) is 4. The van der Waals surface area contributed by atoms with Gasteiger partial charge in [0, 0.05) is 0 Å². The average molecular weight is 230 g/mol. The highest BCUT2D eigenvalue weighted by molar-refractivity contribution is 5.51. The van der Waals surface area contributed by atoms with E-state index in [1.165, 1.54) is 16.7 Å². The fourth-order valence-electron chi connectivity index (χ4n) is 2.10. The van der Waals surface area contributed by atoms with E-state index < -0.39 is 0 Å². The van der Waals surface area contributed by atoms with Gasteiger partial charge in [-0.15, -0.1) is 5.10 Å². The van der Waals surface area contributed by atoms with E-state index in [0.717, 1.165) is 5.69 Å². The number of aromatic nitrogens is 4. The fraction of sp³-hybridized carbons (Fsp3) is 0.462. The van der Waals surface area contributed by atoms with E-state index in [-0.39, 0.29) is 5.41 Å². The maximum absolute atomic E-state index is 4.01. The smallest absolute Gasteiger partial charge is 0.143 e. The quantitative estimate of drug-likeness (QED) is 0.756. The maximum atomic E-state index is 4.01. The van der Waals surface area contributed by atoms with Crippen LogP contribution in [0.25, 0.3) is 5.69 Å². The van der Waals surface area contributed by atoms with Crippen LogP contribution in [0.15, 0.2) is 18.5 Å². The first-order valence-corrected chi connectivity index (χ1v) is 5.74. The van der Waals surface area contributed by atoms with Crippen molar-refractivity contribution in [3.63, 3.8) is 0 Å². The van der Waals surface area contributed by atoms with Crippen LogP contribution in [0.4, 0.5) is 0 Å². The number of aryl methyl sites for hydroxylation is 2. The van der Waals surface area contributed by atoms with Gasteiger partial charge in [0.2, 0.25) is 0 Å². The van der Waals surface area contributed by atoms with Crippen molar-refractivity contribution in [1.82, 2.24) is 20.2 Å². The third kappa shape index (κ3) is 2.20. The molecule has 0 fully saturated rings. The van der Waals surface area contributed by atoms with Gasteiger partial charge in [0.05, 0.1) is 5.69 Å². The van der Waals surface area contributed by atoms with E-state index in [4.69, 9.17) is 0 Å². The molecule has 0 aliphatic heterocycles. The zero-order chi connectivity index (χ0) is 12.6. The predicted octanol–water partition coefficient (Wildman–Crippen LogP) is 2.58. The highest BCUT2D eigenvalue weighted by Gasteiger charge is 2.21. The minimum Gasteiger partial charge on any atom is -0.200 e. The molecule has 4 nitrogen and oxygen atoms in total. The Hall–Kier alpha value is -1.71. The van der Waals surface area contributed by atoms with Crippen LogP contribution in [0.2, 0.25) is 0 Å². The molecule has 90 valence electrons. The number of benzene rings is 1. The first-order valence-electron chi connectivity index (χ1n) is 5.74. The molecule has 1 aromatic heterocycles.